The number of hydrogen-bond acceptors (Lipinski definition) is 1. The van der Waals surface area contributed by atoms with E-state index in [1.807, 2.05) is 30.3 Å². The summed E-state index contributed by atoms with van der Waals surface area (Å²) < 4.78 is 27.8. The Labute approximate surface area is 133 Å². The van der Waals surface area contributed by atoms with Gasteiger partial charge in [-0.05, 0) is 17.7 Å². The number of halogens is 2. The molecule has 0 saturated carbocycles. The van der Waals surface area contributed by atoms with Gasteiger partial charge in [0.2, 0.25) is 6.43 Å². The first-order valence-corrected chi connectivity index (χ1v) is 7.49. The number of alkyl halides is 2. The number of para-hydroxylation sites is 1. The summed E-state index contributed by atoms with van der Waals surface area (Å²) in [7, 11) is 1.79. The minimum Gasteiger partial charge on any atom is -0.341 e. The molecule has 0 fully saturated rings. The van der Waals surface area contributed by atoms with Gasteiger partial charge in [0, 0.05) is 24.4 Å². The van der Waals surface area contributed by atoms with Crippen molar-refractivity contribution in [1.29, 1.82) is 0 Å². The van der Waals surface area contributed by atoms with Gasteiger partial charge in [0.15, 0.2) is 5.78 Å². The number of benzene rings is 2. The number of ketones is 1. The van der Waals surface area contributed by atoms with Crippen LogP contribution in [0.3, 0.4) is 0 Å². The quantitative estimate of drug-likeness (QED) is 0.620. The molecule has 3 aromatic rings. The maximum Gasteiger partial charge on any atom is 0.239 e. The molecule has 0 aliphatic carbocycles. The van der Waals surface area contributed by atoms with Crippen LogP contribution in [0.4, 0.5) is 8.78 Å². The Morgan fingerprint density at radius 3 is 2.35 bits per heavy atom. The molecule has 1 atom stereocenters. The molecule has 2 nitrogen and oxygen atoms in total. The molecule has 0 aliphatic heterocycles. The van der Waals surface area contributed by atoms with Gasteiger partial charge in [0.05, 0.1) is 11.6 Å². The Morgan fingerprint density at radius 1 is 1.04 bits per heavy atom. The zero-order valence-corrected chi connectivity index (χ0v) is 12.7. The largest absolute Gasteiger partial charge is 0.341 e. The minimum atomic E-state index is -2.53. The zero-order valence-electron chi connectivity index (χ0n) is 12.7. The van der Waals surface area contributed by atoms with E-state index in [0.29, 0.717) is 11.3 Å². The van der Waals surface area contributed by atoms with Crippen molar-refractivity contribution in [3.8, 4) is 0 Å². The molecule has 1 heterocycles. The van der Waals surface area contributed by atoms with E-state index in [9.17, 15) is 13.6 Å². The number of Topliss-reactive ketones (excluding diaryl/α,β-unsaturated/α-hetero) is 1. The van der Waals surface area contributed by atoms with Crippen LogP contribution in [0.2, 0.25) is 0 Å². The Morgan fingerprint density at radius 2 is 1.70 bits per heavy atom. The number of hydrogen-bond donors (Lipinski definition) is 0. The lowest BCUT2D eigenvalue weighted by Crippen LogP contribution is -2.18. The molecule has 1 aromatic heterocycles. The highest BCUT2D eigenvalue weighted by Crippen LogP contribution is 2.29. The van der Waals surface area contributed by atoms with Crippen LogP contribution in [0.5, 0.6) is 0 Å². The van der Waals surface area contributed by atoms with Gasteiger partial charge in [-0.2, -0.15) is 0 Å². The van der Waals surface area contributed by atoms with Gasteiger partial charge in [-0.25, -0.2) is 8.78 Å². The van der Waals surface area contributed by atoms with Gasteiger partial charge < -0.3 is 4.57 Å². The molecule has 4 heteroatoms. The van der Waals surface area contributed by atoms with E-state index < -0.39 is 18.8 Å². The Balaban J connectivity index is 2.04. The summed E-state index contributed by atoms with van der Waals surface area (Å²) in [6.45, 7) is 0. The van der Waals surface area contributed by atoms with Crippen molar-refractivity contribution in [2.24, 2.45) is 7.05 Å². The monoisotopic (exact) mass is 313 g/mol. The van der Waals surface area contributed by atoms with Gasteiger partial charge in [0.25, 0.3) is 0 Å². The van der Waals surface area contributed by atoms with Crippen molar-refractivity contribution in [3.05, 3.63) is 71.9 Å². The van der Waals surface area contributed by atoms with E-state index in [1.54, 1.807) is 41.9 Å². The van der Waals surface area contributed by atoms with Crippen LogP contribution in [0.15, 0.2) is 60.7 Å². The smallest absolute Gasteiger partial charge is 0.239 e. The fraction of sp³-hybridized carbons (Fsp3) is 0.211. The van der Waals surface area contributed by atoms with Gasteiger partial charge in [-0.15, -0.1) is 0 Å². The molecule has 2 aromatic carbocycles. The zero-order chi connectivity index (χ0) is 16.4. The first-order valence-electron chi connectivity index (χ1n) is 7.49. The van der Waals surface area contributed by atoms with Gasteiger partial charge in [-0.1, -0.05) is 48.5 Å². The molecule has 0 amide bonds. The van der Waals surface area contributed by atoms with Crippen molar-refractivity contribution in [1.82, 2.24) is 4.57 Å². The van der Waals surface area contributed by atoms with Crippen LogP contribution >= 0.6 is 0 Å². The third kappa shape index (κ3) is 3.02. The van der Waals surface area contributed by atoms with Crippen LogP contribution in [0.25, 0.3) is 10.9 Å². The van der Waals surface area contributed by atoms with Gasteiger partial charge in [0.1, 0.15) is 0 Å². The molecule has 3 rings (SSSR count). The van der Waals surface area contributed by atoms with E-state index in [4.69, 9.17) is 0 Å². The van der Waals surface area contributed by atoms with Crippen LogP contribution in [0, 0.1) is 0 Å². The highest BCUT2D eigenvalue weighted by Gasteiger charge is 2.27. The fourth-order valence-electron chi connectivity index (χ4n) is 2.96. The van der Waals surface area contributed by atoms with Gasteiger partial charge >= 0.3 is 0 Å². The van der Waals surface area contributed by atoms with Crippen LogP contribution in [0.1, 0.15) is 28.4 Å². The minimum absolute atomic E-state index is 0.268. The average molecular weight is 313 g/mol. The lowest BCUT2D eigenvalue weighted by Gasteiger charge is -2.16. The molecule has 0 N–H and O–H groups in total. The standard InChI is InChI=1S/C19H17F2NO/c1-22-16-10-6-5-9-14(16)11-17(22)19(23)15(12-18(20)21)13-7-3-2-4-8-13/h2-11,15,18H,12H2,1H3. The number of aromatic nitrogens is 1. The molecular formula is C19H17F2NO. The molecule has 0 spiro atoms. The molecule has 1 unspecified atom stereocenters. The van der Waals surface area contributed by atoms with E-state index >= 15 is 0 Å². The molecular weight excluding hydrogens is 296 g/mol. The number of carbonyl (C=O) groups is 1. The molecule has 0 saturated heterocycles. The Bertz CT molecular complexity index is 824. The fourth-order valence-corrected chi connectivity index (χ4v) is 2.96. The van der Waals surface area contributed by atoms with Crippen molar-refractivity contribution in [2.45, 2.75) is 18.8 Å². The topological polar surface area (TPSA) is 22.0 Å². The molecule has 0 bridgehead atoms. The van der Waals surface area contributed by atoms with Crippen LogP contribution in [-0.2, 0) is 7.05 Å². The van der Waals surface area contributed by atoms with Crippen molar-refractivity contribution < 1.29 is 13.6 Å². The summed E-state index contributed by atoms with van der Waals surface area (Å²) in [5, 5.41) is 0.933. The SMILES string of the molecule is Cn1c(C(=O)C(CC(F)F)c2ccccc2)cc2ccccc21. The van der Waals surface area contributed by atoms with Crippen molar-refractivity contribution >= 4 is 16.7 Å². The van der Waals surface area contributed by atoms with E-state index in [1.165, 1.54) is 0 Å². The second kappa shape index (κ2) is 6.32. The van der Waals surface area contributed by atoms with Crippen LogP contribution < -0.4 is 0 Å². The average Bonchev–Trinajstić information content (AvgIpc) is 2.90. The second-order valence-corrected chi connectivity index (χ2v) is 5.60. The highest BCUT2D eigenvalue weighted by atomic mass is 19.3. The van der Waals surface area contributed by atoms with E-state index in [0.717, 1.165) is 10.9 Å². The van der Waals surface area contributed by atoms with E-state index in [-0.39, 0.29) is 5.78 Å². The van der Waals surface area contributed by atoms with Gasteiger partial charge in [-0.3, -0.25) is 4.79 Å². The third-order valence-electron chi connectivity index (χ3n) is 4.14. The Hall–Kier alpha value is -2.49. The number of nitrogens with zero attached hydrogens (tertiary/aromatic N) is 1. The van der Waals surface area contributed by atoms with E-state index in [2.05, 4.69) is 0 Å². The summed E-state index contributed by atoms with van der Waals surface area (Å²) >= 11 is 0. The lowest BCUT2D eigenvalue weighted by molar-refractivity contribution is 0.0854. The summed E-state index contributed by atoms with van der Waals surface area (Å²) in [5.41, 5.74) is 2.00. The number of carbonyl (C=O) groups excluding carboxylic acids is 1. The highest BCUT2D eigenvalue weighted by molar-refractivity contribution is 6.03. The summed E-state index contributed by atoms with van der Waals surface area (Å²) in [5.74, 6) is -1.10. The lowest BCUT2D eigenvalue weighted by atomic mass is 9.90. The maximum absolute atomic E-state index is 13.0. The number of aryl methyl sites for hydroxylation is 1. The first-order chi connectivity index (χ1) is 11.1. The summed E-state index contributed by atoms with van der Waals surface area (Å²) in [6.07, 6.45) is -3.00. The Kier molecular flexibility index (Phi) is 4.24. The molecule has 0 radical (unpaired) electrons. The normalized spacial score (nSPS) is 12.7. The van der Waals surface area contributed by atoms with Crippen molar-refractivity contribution in [2.75, 3.05) is 0 Å². The maximum atomic E-state index is 13.0. The van der Waals surface area contributed by atoms with Crippen molar-refractivity contribution in [3.63, 3.8) is 0 Å². The first kappa shape index (κ1) is 15.4. The van der Waals surface area contributed by atoms with Crippen LogP contribution in [-0.4, -0.2) is 16.8 Å². The molecule has 23 heavy (non-hydrogen) atoms. The second-order valence-electron chi connectivity index (χ2n) is 5.60. The number of fused-ring (bicyclic) bond motifs is 1. The third-order valence-corrected chi connectivity index (χ3v) is 4.14. The predicted octanol–water partition coefficient (Wildman–Crippen LogP) is 4.80. The molecule has 0 aliphatic rings. The molecule has 118 valence electrons. The predicted molar refractivity (Wildman–Crippen MR) is 87.1 cm³/mol. The number of rotatable bonds is 5. The summed E-state index contributed by atoms with van der Waals surface area (Å²) in [6, 6.07) is 18.2. The summed E-state index contributed by atoms with van der Waals surface area (Å²) in [4.78, 5) is 12.9.